The summed E-state index contributed by atoms with van der Waals surface area (Å²) < 4.78 is 0. The molecule has 2 nitrogen and oxygen atoms in total. The van der Waals surface area contributed by atoms with Crippen LogP contribution in [-0.4, -0.2) is 11.1 Å². The Labute approximate surface area is 143 Å². The maximum atomic E-state index is 11.1. The van der Waals surface area contributed by atoms with Gasteiger partial charge in [-0.05, 0) is 12.8 Å². The molecule has 0 amide bonds. The third kappa shape index (κ3) is 14.7. The van der Waals surface area contributed by atoms with Crippen molar-refractivity contribution in [2.24, 2.45) is 5.92 Å². The Balaban J connectivity index is -0.00000144. The van der Waals surface area contributed by atoms with E-state index in [4.69, 9.17) is 0 Å². The van der Waals surface area contributed by atoms with E-state index in [1.807, 2.05) is 0 Å². The fourth-order valence-electron chi connectivity index (χ4n) is 2.38. The number of hydrogen-bond acceptors (Lipinski definition) is 1. The van der Waals surface area contributed by atoms with E-state index in [1.54, 1.807) is 0 Å². The first-order valence-electron chi connectivity index (χ1n) is 7.95. The van der Waals surface area contributed by atoms with Crippen molar-refractivity contribution in [1.82, 2.24) is 0 Å². The molecule has 0 bridgehead atoms. The van der Waals surface area contributed by atoms with Crippen LogP contribution in [0.25, 0.3) is 0 Å². The number of carbonyl (C=O) groups is 1. The van der Waals surface area contributed by atoms with Crippen molar-refractivity contribution in [3.63, 3.8) is 0 Å². The van der Waals surface area contributed by atoms with Crippen LogP contribution in [0.2, 0.25) is 0 Å². The van der Waals surface area contributed by atoms with Crippen LogP contribution in [0.5, 0.6) is 0 Å². The Hall–Kier alpha value is 0.470. The second-order valence-electron chi connectivity index (χ2n) is 5.44. The minimum absolute atomic E-state index is 0. The first kappa shape index (κ1) is 21.8. The van der Waals surface area contributed by atoms with E-state index >= 15 is 0 Å². The number of hydrogen-bond donors (Lipinski definition) is 1. The van der Waals surface area contributed by atoms with E-state index < -0.39 is 5.97 Å². The third-order valence-corrected chi connectivity index (χ3v) is 3.66. The topological polar surface area (TPSA) is 37.3 Å². The molecule has 0 atom stereocenters. The molecule has 0 radical (unpaired) electrons. The molecule has 3 heteroatoms. The van der Waals surface area contributed by atoms with E-state index in [0.717, 1.165) is 25.7 Å². The second-order valence-corrected chi connectivity index (χ2v) is 5.44. The van der Waals surface area contributed by atoms with Crippen LogP contribution < -0.4 is 29.6 Å². The number of aliphatic carboxylic acids is 1. The van der Waals surface area contributed by atoms with Gasteiger partial charge in [0.15, 0.2) is 0 Å². The first-order valence-corrected chi connectivity index (χ1v) is 7.95. The molecule has 0 aromatic rings. The van der Waals surface area contributed by atoms with Crippen LogP contribution in [0.3, 0.4) is 0 Å². The molecule has 0 rings (SSSR count). The summed E-state index contributed by atoms with van der Waals surface area (Å²) in [4.78, 5) is 11.1. The largest absolute Gasteiger partial charge is 1.00 e. The van der Waals surface area contributed by atoms with Gasteiger partial charge in [-0.2, -0.15) is 0 Å². The standard InChI is InChI=1S/C16H32O2.Na.H/c1-3-5-7-9-11-13-15(16(17)18)14-12-10-8-6-4-2;;/h15H,3-14H2,1-2H3,(H,17,18);;/q;+1;-1. The summed E-state index contributed by atoms with van der Waals surface area (Å²) in [6.07, 6.45) is 13.9. The number of unbranched alkanes of at least 4 members (excludes halogenated alkanes) is 8. The summed E-state index contributed by atoms with van der Waals surface area (Å²) in [6.45, 7) is 4.41. The van der Waals surface area contributed by atoms with Crippen LogP contribution in [0, 0.1) is 5.92 Å². The SMILES string of the molecule is CCCCCCCC(CCCCCCC)C(=O)O.[H-].[Na+]. The summed E-state index contributed by atoms with van der Waals surface area (Å²) in [5.74, 6) is -0.672. The quantitative estimate of drug-likeness (QED) is 0.416. The van der Waals surface area contributed by atoms with Crippen LogP contribution in [0.15, 0.2) is 0 Å². The molecule has 0 saturated carbocycles. The van der Waals surface area contributed by atoms with Gasteiger partial charge in [0.1, 0.15) is 0 Å². The number of carboxylic acids is 1. The van der Waals surface area contributed by atoms with Gasteiger partial charge >= 0.3 is 35.5 Å². The third-order valence-electron chi connectivity index (χ3n) is 3.66. The van der Waals surface area contributed by atoms with Gasteiger partial charge in [-0.1, -0.05) is 78.1 Å². The van der Waals surface area contributed by atoms with Crippen molar-refractivity contribution >= 4 is 5.97 Å². The second kappa shape index (κ2) is 16.5. The number of carboxylic acid groups (broad SMARTS) is 1. The maximum absolute atomic E-state index is 11.1. The molecule has 110 valence electrons. The van der Waals surface area contributed by atoms with Crippen molar-refractivity contribution in [2.45, 2.75) is 90.9 Å². The van der Waals surface area contributed by atoms with E-state index in [2.05, 4.69) is 13.8 Å². The molecular formula is C16H33NaO2. The molecule has 0 aliphatic heterocycles. The Morgan fingerprint density at radius 1 is 0.842 bits per heavy atom. The van der Waals surface area contributed by atoms with Crippen LogP contribution >= 0.6 is 0 Å². The molecule has 0 spiro atoms. The fourth-order valence-corrected chi connectivity index (χ4v) is 2.38. The van der Waals surface area contributed by atoms with Crippen molar-refractivity contribution < 1.29 is 40.9 Å². The average molecular weight is 280 g/mol. The average Bonchev–Trinajstić information content (AvgIpc) is 2.35. The zero-order valence-electron chi connectivity index (χ0n) is 14.4. The summed E-state index contributed by atoms with van der Waals surface area (Å²) in [5, 5.41) is 9.18. The van der Waals surface area contributed by atoms with Crippen LogP contribution in [-0.2, 0) is 4.79 Å². The molecular weight excluding hydrogens is 247 g/mol. The normalized spacial score (nSPS) is 10.5. The number of rotatable bonds is 13. The minimum atomic E-state index is -0.582. The fraction of sp³-hybridized carbons (Fsp3) is 0.938. The van der Waals surface area contributed by atoms with E-state index in [0.29, 0.717) is 0 Å². The zero-order valence-corrected chi connectivity index (χ0v) is 15.4. The van der Waals surface area contributed by atoms with E-state index in [9.17, 15) is 9.90 Å². The minimum Gasteiger partial charge on any atom is -1.00 e. The molecule has 0 aromatic heterocycles. The molecule has 1 N–H and O–H groups in total. The van der Waals surface area contributed by atoms with E-state index in [-0.39, 0.29) is 36.9 Å². The first-order chi connectivity index (χ1) is 8.72. The Morgan fingerprint density at radius 3 is 1.53 bits per heavy atom. The molecule has 0 heterocycles. The van der Waals surface area contributed by atoms with Gasteiger partial charge in [0.25, 0.3) is 0 Å². The Kier molecular flexibility index (Phi) is 18.9. The van der Waals surface area contributed by atoms with Crippen molar-refractivity contribution in [2.75, 3.05) is 0 Å². The van der Waals surface area contributed by atoms with Crippen LogP contribution in [0.4, 0.5) is 0 Å². The molecule has 0 aliphatic carbocycles. The summed E-state index contributed by atoms with van der Waals surface area (Å²) >= 11 is 0. The summed E-state index contributed by atoms with van der Waals surface area (Å²) in [5.41, 5.74) is 0. The van der Waals surface area contributed by atoms with Crippen molar-refractivity contribution in [3.05, 3.63) is 0 Å². The van der Waals surface area contributed by atoms with Gasteiger partial charge in [-0.25, -0.2) is 0 Å². The molecule has 0 unspecified atom stereocenters. The Morgan fingerprint density at radius 2 is 1.21 bits per heavy atom. The molecule has 0 fully saturated rings. The Bertz CT molecular complexity index is 187. The van der Waals surface area contributed by atoms with Gasteiger partial charge in [0.05, 0.1) is 5.92 Å². The molecule has 0 aromatic carbocycles. The van der Waals surface area contributed by atoms with E-state index in [1.165, 1.54) is 51.4 Å². The maximum Gasteiger partial charge on any atom is 1.00 e. The summed E-state index contributed by atoms with van der Waals surface area (Å²) in [7, 11) is 0. The monoisotopic (exact) mass is 280 g/mol. The van der Waals surface area contributed by atoms with Gasteiger partial charge < -0.3 is 6.53 Å². The van der Waals surface area contributed by atoms with Crippen molar-refractivity contribution in [3.8, 4) is 0 Å². The van der Waals surface area contributed by atoms with Gasteiger partial charge in [0.2, 0.25) is 0 Å². The predicted octanol–water partition coefficient (Wildman–Crippen LogP) is 2.52. The van der Waals surface area contributed by atoms with Gasteiger partial charge in [-0.3, -0.25) is 4.79 Å². The zero-order chi connectivity index (χ0) is 13.6. The molecule has 0 saturated heterocycles. The smallest absolute Gasteiger partial charge is 1.00 e. The van der Waals surface area contributed by atoms with Gasteiger partial charge in [-0.15, -0.1) is 0 Å². The molecule has 19 heavy (non-hydrogen) atoms. The summed E-state index contributed by atoms with van der Waals surface area (Å²) in [6, 6.07) is 0. The van der Waals surface area contributed by atoms with Gasteiger partial charge in [0, 0.05) is 0 Å². The van der Waals surface area contributed by atoms with Crippen LogP contribution in [0.1, 0.15) is 92.3 Å². The molecule has 0 aliphatic rings. The predicted molar refractivity (Wildman–Crippen MR) is 79.0 cm³/mol. The van der Waals surface area contributed by atoms with Crippen molar-refractivity contribution in [1.29, 1.82) is 0 Å².